The molecular weight excluding hydrogens is 250 g/mol. The van der Waals surface area contributed by atoms with E-state index in [1.165, 1.54) is 12.5 Å². The second-order valence-electron chi connectivity index (χ2n) is 4.10. The van der Waals surface area contributed by atoms with Crippen LogP contribution in [0.1, 0.15) is 13.8 Å². The maximum absolute atomic E-state index is 11.4. The number of halogens is 1. The molecule has 1 N–H and O–H groups in total. The Balaban J connectivity index is 2.72. The molecule has 1 heterocycles. The molecule has 0 unspecified atom stereocenters. The Bertz CT molecular complexity index is 473. The minimum absolute atomic E-state index is 0.127. The third-order valence-electron chi connectivity index (χ3n) is 2.33. The van der Waals surface area contributed by atoms with E-state index in [9.17, 15) is 8.42 Å². The van der Waals surface area contributed by atoms with Crippen LogP contribution in [0.3, 0.4) is 0 Å². The second kappa shape index (κ2) is 4.55. The summed E-state index contributed by atoms with van der Waals surface area (Å²) in [5, 5.41) is 3.04. The Morgan fingerprint density at radius 1 is 1.50 bits per heavy atom. The first-order chi connectivity index (χ1) is 7.22. The molecule has 0 aliphatic rings. The average molecular weight is 264 g/mol. The van der Waals surface area contributed by atoms with Crippen molar-refractivity contribution in [1.82, 2.24) is 9.97 Å². The van der Waals surface area contributed by atoms with Crippen LogP contribution in [0.2, 0.25) is 5.28 Å². The lowest BCUT2D eigenvalue weighted by Gasteiger charge is -2.22. The molecule has 0 fully saturated rings. The van der Waals surface area contributed by atoms with E-state index in [0.29, 0.717) is 5.82 Å². The standard InChI is InChI=1S/C9H14ClN3O2S/c1-9(2,16(3,14)15)6-12-7-4-5-11-8(10)13-7/h4-5H,6H2,1-3H3,(H,11,12,13). The highest BCUT2D eigenvalue weighted by molar-refractivity contribution is 7.92. The van der Waals surface area contributed by atoms with Gasteiger partial charge in [0, 0.05) is 19.0 Å². The van der Waals surface area contributed by atoms with Crippen molar-refractivity contribution in [2.45, 2.75) is 18.6 Å². The summed E-state index contributed by atoms with van der Waals surface area (Å²) in [7, 11) is -3.12. The molecule has 5 nitrogen and oxygen atoms in total. The summed E-state index contributed by atoms with van der Waals surface area (Å²) in [6, 6.07) is 1.63. The molecule has 1 rings (SSSR count). The lowest BCUT2D eigenvalue weighted by Crippen LogP contribution is -2.38. The highest BCUT2D eigenvalue weighted by Crippen LogP contribution is 2.16. The third-order valence-corrected chi connectivity index (χ3v) is 4.66. The molecule has 0 bridgehead atoms. The molecule has 16 heavy (non-hydrogen) atoms. The zero-order valence-electron chi connectivity index (χ0n) is 9.36. The van der Waals surface area contributed by atoms with Crippen LogP contribution in [0.5, 0.6) is 0 Å². The zero-order valence-corrected chi connectivity index (χ0v) is 10.9. The molecule has 0 aliphatic heterocycles. The van der Waals surface area contributed by atoms with Gasteiger partial charge < -0.3 is 5.32 Å². The average Bonchev–Trinajstić information content (AvgIpc) is 2.13. The number of hydrogen-bond donors (Lipinski definition) is 1. The SMILES string of the molecule is CC(C)(CNc1ccnc(Cl)n1)S(C)(=O)=O. The molecule has 90 valence electrons. The summed E-state index contributed by atoms with van der Waals surface area (Å²) in [5.41, 5.74) is 0. The molecule has 0 radical (unpaired) electrons. The van der Waals surface area contributed by atoms with Gasteiger partial charge in [0.1, 0.15) is 5.82 Å². The van der Waals surface area contributed by atoms with Gasteiger partial charge >= 0.3 is 0 Å². The van der Waals surface area contributed by atoms with E-state index in [-0.39, 0.29) is 11.8 Å². The van der Waals surface area contributed by atoms with E-state index in [1.54, 1.807) is 19.9 Å². The fourth-order valence-electron chi connectivity index (χ4n) is 0.868. The first-order valence-electron chi connectivity index (χ1n) is 4.64. The van der Waals surface area contributed by atoms with Crippen molar-refractivity contribution in [3.8, 4) is 0 Å². The van der Waals surface area contributed by atoms with E-state index < -0.39 is 14.6 Å². The van der Waals surface area contributed by atoms with Crippen LogP contribution in [0, 0.1) is 0 Å². The van der Waals surface area contributed by atoms with E-state index in [0.717, 1.165) is 0 Å². The first-order valence-corrected chi connectivity index (χ1v) is 6.91. The van der Waals surface area contributed by atoms with Gasteiger partial charge in [-0.1, -0.05) is 0 Å². The van der Waals surface area contributed by atoms with Crippen LogP contribution >= 0.6 is 11.6 Å². The van der Waals surface area contributed by atoms with Gasteiger partial charge in [-0.15, -0.1) is 0 Å². The van der Waals surface area contributed by atoms with Crippen molar-refractivity contribution < 1.29 is 8.42 Å². The van der Waals surface area contributed by atoms with Gasteiger partial charge in [-0.3, -0.25) is 0 Å². The lowest BCUT2D eigenvalue weighted by molar-refractivity contribution is 0.559. The van der Waals surface area contributed by atoms with Gasteiger partial charge in [0.15, 0.2) is 9.84 Å². The summed E-state index contributed by atoms with van der Waals surface area (Å²) in [6.45, 7) is 3.56. The van der Waals surface area contributed by atoms with Crippen molar-refractivity contribution in [2.24, 2.45) is 0 Å². The minimum atomic E-state index is -3.12. The number of rotatable bonds is 4. The van der Waals surface area contributed by atoms with Gasteiger partial charge in [-0.05, 0) is 31.5 Å². The van der Waals surface area contributed by atoms with Gasteiger partial charge in [0.2, 0.25) is 5.28 Å². The Morgan fingerprint density at radius 3 is 2.62 bits per heavy atom. The molecular formula is C9H14ClN3O2S. The normalized spacial score (nSPS) is 12.5. The molecule has 0 amide bonds. The van der Waals surface area contributed by atoms with E-state index in [4.69, 9.17) is 11.6 Å². The predicted octanol–water partition coefficient (Wildman–Crippen LogP) is 1.37. The van der Waals surface area contributed by atoms with E-state index in [1.807, 2.05) is 0 Å². The van der Waals surface area contributed by atoms with Gasteiger partial charge in [-0.25, -0.2) is 18.4 Å². The van der Waals surface area contributed by atoms with Crippen LogP contribution < -0.4 is 5.32 Å². The smallest absolute Gasteiger partial charge is 0.224 e. The summed E-state index contributed by atoms with van der Waals surface area (Å²) in [4.78, 5) is 7.64. The van der Waals surface area contributed by atoms with Crippen molar-refractivity contribution in [3.63, 3.8) is 0 Å². The second-order valence-corrected chi connectivity index (χ2v) is 7.08. The molecule has 0 aromatic carbocycles. The monoisotopic (exact) mass is 263 g/mol. The van der Waals surface area contributed by atoms with Crippen LogP contribution in [0.4, 0.5) is 5.82 Å². The van der Waals surface area contributed by atoms with E-state index >= 15 is 0 Å². The Hall–Kier alpha value is -0.880. The van der Waals surface area contributed by atoms with Crippen molar-refractivity contribution >= 4 is 27.3 Å². The van der Waals surface area contributed by atoms with Gasteiger partial charge in [0.25, 0.3) is 0 Å². The largest absolute Gasteiger partial charge is 0.368 e. The molecule has 0 saturated carbocycles. The molecule has 7 heteroatoms. The first kappa shape index (κ1) is 13.2. The quantitative estimate of drug-likeness (QED) is 0.831. The molecule has 0 atom stereocenters. The maximum Gasteiger partial charge on any atom is 0.224 e. The number of sulfone groups is 1. The van der Waals surface area contributed by atoms with Crippen LogP contribution in [-0.4, -0.2) is 35.9 Å². The lowest BCUT2D eigenvalue weighted by atomic mass is 10.2. The molecule has 1 aromatic heterocycles. The fraction of sp³-hybridized carbons (Fsp3) is 0.556. The third kappa shape index (κ3) is 3.31. The summed E-state index contributed by atoms with van der Waals surface area (Å²) >= 11 is 5.60. The number of nitrogens with one attached hydrogen (secondary N) is 1. The van der Waals surface area contributed by atoms with Gasteiger partial charge in [0.05, 0.1) is 4.75 Å². The summed E-state index contributed by atoms with van der Waals surface area (Å²) < 4.78 is 22.0. The predicted molar refractivity (Wildman–Crippen MR) is 64.5 cm³/mol. The van der Waals surface area contributed by atoms with Crippen molar-refractivity contribution in [1.29, 1.82) is 0 Å². The molecule has 1 aromatic rings. The van der Waals surface area contributed by atoms with Crippen molar-refractivity contribution in [2.75, 3.05) is 18.1 Å². The zero-order chi connectivity index (χ0) is 12.4. The fourth-order valence-corrected chi connectivity index (χ4v) is 1.35. The topological polar surface area (TPSA) is 72.0 Å². The highest BCUT2D eigenvalue weighted by atomic mass is 35.5. The highest BCUT2D eigenvalue weighted by Gasteiger charge is 2.29. The summed E-state index contributed by atoms with van der Waals surface area (Å²) in [5.74, 6) is 0.511. The minimum Gasteiger partial charge on any atom is -0.368 e. The van der Waals surface area contributed by atoms with Gasteiger partial charge in [-0.2, -0.15) is 0 Å². The van der Waals surface area contributed by atoms with E-state index in [2.05, 4.69) is 15.3 Å². The Kier molecular flexibility index (Phi) is 3.75. The number of anilines is 1. The Morgan fingerprint density at radius 2 is 2.12 bits per heavy atom. The molecule has 0 spiro atoms. The van der Waals surface area contributed by atoms with Crippen molar-refractivity contribution in [3.05, 3.63) is 17.5 Å². The van der Waals surface area contributed by atoms with Crippen LogP contribution in [-0.2, 0) is 9.84 Å². The number of hydrogen-bond acceptors (Lipinski definition) is 5. The number of aromatic nitrogens is 2. The molecule has 0 saturated heterocycles. The van der Waals surface area contributed by atoms with Crippen LogP contribution in [0.25, 0.3) is 0 Å². The molecule has 0 aliphatic carbocycles. The maximum atomic E-state index is 11.4. The Labute approximate surface area is 100 Å². The van der Waals surface area contributed by atoms with Crippen LogP contribution in [0.15, 0.2) is 12.3 Å². The summed E-state index contributed by atoms with van der Waals surface area (Å²) in [6.07, 6.45) is 2.72. The number of nitrogens with zero attached hydrogens (tertiary/aromatic N) is 2.